The highest BCUT2D eigenvalue weighted by Crippen LogP contribution is 1.93. The number of nitriles is 1. The van der Waals surface area contributed by atoms with Crippen LogP contribution in [0, 0.1) is 11.3 Å². The van der Waals surface area contributed by atoms with E-state index < -0.39 is 0 Å². The molecule has 1 nitrogen and oxygen atoms in total. The Kier molecular flexibility index (Phi) is 10.6. The summed E-state index contributed by atoms with van der Waals surface area (Å²) in [4.78, 5) is 0. The molecule has 0 aliphatic rings. The van der Waals surface area contributed by atoms with Crippen LogP contribution in [0.2, 0.25) is 0 Å². The van der Waals surface area contributed by atoms with Gasteiger partial charge in [-0.3, -0.25) is 0 Å². The lowest BCUT2D eigenvalue weighted by Crippen LogP contribution is -1.64. The third-order valence-electron chi connectivity index (χ3n) is 1.70. The number of unbranched alkanes of at least 4 members (excludes halogenated alkanes) is 2. The maximum atomic E-state index is 8.28. The Hall–Kier alpha value is -1.29. The predicted octanol–water partition coefficient (Wildman–Crippen LogP) is 4.15. The molecule has 0 radical (unpaired) electrons. The smallest absolute Gasteiger partial charge is 0.0624 e. The minimum atomic E-state index is 0.622. The van der Waals surface area contributed by atoms with Crippen molar-refractivity contribution in [1.29, 1.82) is 5.26 Å². The Morgan fingerprint density at radius 1 is 1.00 bits per heavy atom. The lowest BCUT2D eigenvalue weighted by atomic mass is 10.2. The van der Waals surface area contributed by atoms with Gasteiger partial charge in [0.2, 0.25) is 0 Å². The minimum absolute atomic E-state index is 0.622. The zero-order valence-corrected chi connectivity index (χ0v) is 8.95. The molecule has 0 saturated heterocycles. The molecule has 0 fully saturated rings. The molecule has 14 heavy (non-hydrogen) atoms. The van der Waals surface area contributed by atoms with Crippen molar-refractivity contribution in [3.05, 3.63) is 36.5 Å². The van der Waals surface area contributed by atoms with Crippen LogP contribution >= 0.6 is 0 Å². The van der Waals surface area contributed by atoms with Crippen LogP contribution < -0.4 is 0 Å². The molecular formula is C13H19N. The summed E-state index contributed by atoms with van der Waals surface area (Å²) in [6.07, 6.45) is 17.4. The van der Waals surface area contributed by atoms with Crippen LogP contribution in [0.4, 0.5) is 0 Å². The first-order valence-electron chi connectivity index (χ1n) is 5.25. The molecular weight excluding hydrogens is 170 g/mol. The van der Waals surface area contributed by atoms with Gasteiger partial charge in [0.15, 0.2) is 0 Å². The third-order valence-corrected chi connectivity index (χ3v) is 1.70. The van der Waals surface area contributed by atoms with Crippen LogP contribution in [0.1, 0.15) is 39.0 Å². The van der Waals surface area contributed by atoms with E-state index in [9.17, 15) is 0 Å². The van der Waals surface area contributed by atoms with Gasteiger partial charge < -0.3 is 0 Å². The Morgan fingerprint density at radius 3 is 2.50 bits per heavy atom. The van der Waals surface area contributed by atoms with Crippen molar-refractivity contribution < 1.29 is 0 Å². The summed E-state index contributed by atoms with van der Waals surface area (Å²) < 4.78 is 0. The lowest BCUT2D eigenvalue weighted by molar-refractivity contribution is 0.959. The van der Waals surface area contributed by atoms with E-state index in [-0.39, 0.29) is 0 Å². The molecule has 0 spiro atoms. The fraction of sp³-hybridized carbons (Fsp3) is 0.462. The zero-order valence-electron chi connectivity index (χ0n) is 8.95. The molecule has 0 aliphatic carbocycles. The molecule has 0 aromatic heterocycles. The van der Waals surface area contributed by atoms with Crippen molar-refractivity contribution in [3.8, 4) is 6.07 Å². The van der Waals surface area contributed by atoms with Gasteiger partial charge in [0.1, 0.15) is 0 Å². The van der Waals surface area contributed by atoms with Gasteiger partial charge >= 0.3 is 0 Å². The van der Waals surface area contributed by atoms with Crippen molar-refractivity contribution in [1.82, 2.24) is 0 Å². The molecule has 1 heteroatoms. The molecule has 0 heterocycles. The van der Waals surface area contributed by atoms with Crippen LogP contribution in [-0.4, -0.2) is 0 Å². The molecule has 0 unspecified atom stereocenters. The average Bonchev–Trinajstić information content (AvgIpc) is 2.21. The lowest BCUT2D eigenvalue weighted by Gasteiger charge is -1.83. The van der Waals surface area contributed by atoms with Crippen LogP contribution in [-0.2, 0) is 0 Å². The van der Waals surface area contributed by atoms with Gasteiger partial charge in [-0.25, -0.2) is 0 Å². The first kappa shape index (κ1) is 12.7. The second-order valence-electron chi connectivity index (χ2n) is 3.05. The quantitative estimate of drug-likeness (QED) is 0.335. The van der Waals surface area contributed by atoms with Crippen LogP contribution in [0.5, 0.6) is 0 Å². The Morgan fingerprint density at radius 2 is 1.79 bits per heavy atom. The molecule has 0 amide bonds. The SMILES string of the molecule is CCC/C=C/C=C/C/C=C/CCC#N. The number of hydrogen-bond acceptors (Lipinski definition) is 1. The standard InChI is InChI=1S/C13H19N/c1-2-3-4-5-6-7-8-9-10-11-12-13-14/h4-7,9-10H,2-3,8,11-12H2,1H3/b5-4+,7-6+,10-9+. The van der Waals surface area contributed by atoms with Crippen LogP contribution in [0.15, 0.2) is 36.5 Å². The Bertz CT molecular complexity index is 228. The fourth-order valence-corrected chi connectivity index (χ4v) is 0.939. The number of allylic oxidation sites excluding steroid dienone is 6. The second-order valence-corrected chi connectivity index (χ2v) is 3.05. The van der Waals surface area contributed by atoms with Gasteiger partial charge in [-0.1, -0.05) is 49.8 Å². The number of hydrogen-bond donors (Lipinski definition) is 0. The monoisotopic (exact) mass is 189 g/mol. The summed E-state index contributed by atoms with van der Waals surface area (Å²) in [5.74, 6) is 0. The molecule has 0 aromatic carbocycles. The van der Waals surface area contributed by atoms with Gasteiger partial charge in [0.05, 0.1) is 6.07 Å². The van der Waals surface area contributed by atoms with Gasteiger partial charge in [-0.05, 0) is 19.3 Å². The Labute approximate surface area is 87.4 Å². The second kappa shape index (κ2) is 11.7. The summed E-state index contributed by atoms with van der Waals surface area (Å²) in [5, 5.41) is 8.28. The van der Waals surface area contributed by atoms with E-state index in [4.69, 9.17) is 5.26 Å². The first-order chi connectivity index (χ1) is 6.91. The van der Waals surface area contributed by atoms with E-state index in [1.165, 1.54) is 6.42 Å². The zero-order chi connectivity index (χ0) is 10.5. The van der Waals surface area contributed by atoms with E-state index >= 15 is 0 Å². The van der Waals surface area contributed by atoms with Crippen LogP contribution in [0.3, 0.4) is 0 Å². The summed E-state index contributed by atoms with van der Waals surface area (Å²) in [6.45, 7) is 2.17. The summed E-state index contributed by atoms with van der Waals surface area (Å²) in [5.41, 5.74) is 0. The molecule has 0 saturated carbocycles. The van der Waals surface area contributed by atoms with Crippen molar-refractivity contribution in [2.75, 3.05) is 0 Å². The normalized spacial score (nSPS) is 11.7. The predicted molar refractivity (Wildman–Crippen MR) is 61.8 cm³/mol. The number of nitrogens with zero attached hydrogens (tertiary/aromatic N) is 1. The molecule has 0 atom stereocenters. The van der Waals surface area contributed by atoms with E-state index in [1.54, 1.807) is 0 Å². The maximum Gasteiger partial charge on any atom is 0.0624 e. The third kappa shape index (κ3) is 10.7. The van der Waals surface area contributed by atoms with Crippen molar-refractivity contribution in [2.45, 2.75) is 39.0 Å². The van der Waals surface area contributed by atoms with Crippen LogP contribution in [0.25, 0.3) is 0 Å². The molecule has 0 bridgehead atoms. The first-order valence-corrected chi connectivity index (χ1v) is 5.25. The van der Waals surface area contributed by atoms with Gasteiger partial charge in [-0.15, -0.1) is 0 Å². The van der Waals surface area contributed by atoms with Crippen molar-refractivity contribution in [3.63, 3.8) is 0 Å². The maximum absolute atomic E-state index is 8.28. The minimum Gasteiger partial charge on any atom is -0.198 e. The van der Waals surface area contributed by atoms with E-state index in [1.807, 2.05) is 0 Å². The highest BCUT2D eigenvalue weighted by atomic mass is 14.2. The largest absolute Gasteiger partial charge is 0.198 e. The highest BCUT2D eigenvalue weighted by molar-refractivity contribution is 5.04. The summed E-state index contributed by atoms with van der Waals surface area (Å²) in [6, 6.07) is 2.11. The van der Waals surface area contributed by atoms with Gasteiger partial charge in [0, 0.05) is 6.42 Å². The highest BCUT2D eigenvalue weighted by Gasteiger charge is 1.75. The summed E-state index contributed by atoms with van der Waals surface area (Å²) >= 11 is 0. The van der Waals surface area contributed by atoms with E-state index in [0.29, 0.717) is 6.42 Å². The molecule has 0 rings (SSSR count). The summed E-state index contributed by atoms with van der Waals surface area (Å²) in [7, 11) is 0. The van der Waals surface area contributed by atoms with E-state index in [0.717, 1.165) is 19.3 Å². The van der Waals surface area contributed by atoms with E-state index in [2.05, 4.69) is 49.4 Å². The fourth-order valence-electron chi connectivity index (χ4n) is 0.939. The molecule has 0 aromatic rings. The molecule has 0 N–H and O–H groups in total. The average molecular weight is 189 g/mol. The van der Waals surface area contributed by atoms with Gasteiger partial charge in [0.25, 0.3) is 0 Å². The van der Waals surface area contributed by atoms with Crippen molar-refractivity contribution >= 4 is 0 Å². The number of rotatable bonds is 7. The molecule has 0 aliphatic heterocycles. The van der Waals surface area contributed by atoms with Gasteiger partial charge in [-0.2, -0.15) is 5.26 Å². The molecule has 76 valence electrons. The van der Waals surface area contributed by atoms with Crippen molar-refractivity contribution in [2.24, 2.45) is 0 Å². The topological polar surface area (TPSA) is 23.8 Å². The Balaban J connectivity index is 3.35.